The van der Waals surface area contributed by atoms with Crippen molar-refractivity contribution in [3.8, 4) is 0 Å². The van der Waals surface area contributed by atoms with Crippen LogP contribution in [0.2, 0.25) is 0 Å². The molecule has 1 fully saturated rings. The summed E-state index contributed by atoms with van der Waals surface area (Å²) in [7, 11) is 2.17. The minimum Gasteiger partial charge on any atom is -0.348 e. The van der Waals surface area contributed by atoms with Crippen LogP contribution in [0.4, 0.5) is 0 Å². The monoisotopic (exact) mass is 364 g/mol. The zero-order valence-corrected chi connectivity index (χ0v) is 15.5. The molecule has 1 amide bonds. The second-order valence-electron chi connectivity index (χ2n) is 7.10. The van der Waals surface area contributed by atoms with Crippen LogP contribution in [-0.2, 0) is 13.1 Å². The van der Waals surface area contributed by atoms with Crippen molar-refractivity contribution in [1.82, 2.24) is 29.7 Å². The molecule has 0 unspecified atom stereocenters. The standard InChI is InChI=1S/C20H24N6O/c1-24-7-9-25(10-8-24)13-17-4-2-3-16(11-17)12-21-20(27)18-5-6-19-23-22-15-26(19)14-18/h2-6,11,14-15H,7-10,12-13H2,1H3,(H,21,27). The molecule has 7 heteroatoms. The van der Waals surface area contributed by atoms with Crippen LogP contribution < -0.4 is 5.32 Å². The van der Waals surface area contributed by atoms with E-state index in [4.69, 9.17) is 0 Å². The van der Waals surface area contributed by atoms with Gasteiger partial charge in [0.15, 0.2) is 5.65 Å². The van der Waals surface area contributed by atoms with Gasteiger partial charge in [-0.3, -0.25) is 14.1 Å². The van der Waals surface area contributed by atoms with Gasteiger partial charge in [0.2, 0.25) is 0 Å². The molecule has 4 rings (SSSR count). The molecule has 0 radical (unpaired) electrons. The van der Waals surface area contributed by atoms with Gasteiger partial charge in [0.05, 0.1) is 5.56 Å². The van der Waals surface area contributed by atoms with E-state index in [9.17, 15) is 4.79 Å². The van der Waals surface area contributed by atoms with E-state index in [-0.39, 0.29) is 5.91 Å². The van der Waals surface area contributed by atoms with Gasteiger partial charge in [0.25, 0.3) is 5.91 Å². The van der Waals surface area contributed by atoms with E-state index in [2.05, 4.69) is 56.6 Å². The first-order valence-electron chi connectivity index (χ1n) is 9.24. The smallest absolute Gasteiger partial charge is 0.253 e. The highest BCUT2D eigenvalue weighted by Crippen LogP contribution is 2.11. The van der Waals surface area contributed by atoms with Gasteiger partial charge in [0.1, 0.15) is 6.33 Å². The van der Waals surface area contributed by atoms with Gasteiger partial charge in [-0.05, 0) is 30.3 Å². The summed E-state index contributed by atoms with van der Waals surface area (Å²) in [5.74, 6) is -0.102. The highest BCUT2D eigenvalue weighted by Gasteiger charge is 2.14. The Balaban J connectivity index is 1.35. The number of benzene rings is 1. The minimum atomic E-state index is -0.102. The topological polar surface area (TPSA) is 65.8 Å². The lowest BCUT2D eigenvalue weighted by molar-refractivity contribution is 0.0950. The summed E-state index contributed by atoms with van der Waals surface area (Å²) in [6.07, 6.45) is 3.34. The van der Waals surface area contributed by atoms with Gasteiger partial charge in [-0.15, -0.1) is 10.2 Å². The van der Waals surface area contributed by atoms with E-state index in [1.165, 1.54) is 5.56 Å². The van der Waals surface area contributed by atoms with E-state index in [0.29, 0.717) is 12.1 Å². The fraction of sp³-hybridized carbons (Fsp3) is 0.350. The van der Waals surface area contributed by atoms with Crippen LogP contribution in [0.25, 0.3) is 5.65 Å². The quantitative estimate of drug-likeness (QED) is 0.742. The molecule has 1 aliphatic rings. The number of nitrogens with zero attached hydrogens (tertiary/aromatic N) is 5. The Morgan fingerprint density at radius 1 is 1.11 bits per heavy atom. The van der Waals surface area contributed by atoms with E-state index < -0.39 is 0 Å². The van der Waals surface area contributed by atoms with Crippen LogP contribution in [0.1, 0.15) is 21.5 Å². The molecule has 2 aromatic heterocycles. The summed E-state index contributed by atoms with van der Waals surface area (Å²) in [4.78, 5) is 17.3. The molecule has 3 heterocycles. The minimum absolute atomic E-state index is 0.102. The Bertz CT molecular complexity index is 929. The molecule has 27 heavy (non-hydrogen) atoms. The van der Waals surface area contributed by atoms with Crippen LogP contribution in [-0.4, -0.2) is 63.5 Å². The van der Waals surface area contributed by atoms with Gasteiger partial charge < -0.3 is 10.2 Å². The molecule has 0 bridgehead atoms. The second kappa shape index (κ2) is 7.85. The average Bonchev–Trinajstić information content (AvgIpc) is 3.16. The molecule has 0 saturated carbocycles. The number of hydrogen-bond donors (Lipinski definition) is 1. The third kappa shape index (κ3) is 4.32. The van der Waals surface area contributed by atoms with Crippen molar-refractivity contribution in [2.24, 2.45) is 0 Å². The van der Waals surface area contributed by atoms with Gasteiger partial charge >= 0.3 is 0 Å². The van der Waals surface area contributed by atoms with Crippen LogP contribution in [0.5, 0.6) is 0 Å². The van der Waals surface area contributed by atoms with Gasteiger partial charge in [-0.25, -0.2) is 0 Å². The molecule has 0 atom stereocenters. The van der Waals surface area contributed by atoms with Crippen LogP contribution in [0.3, 0.4) is 0 Å². The Labute approximate surface area is 158 Å². The maximum Gasteiger partial charge on any atom is 0.253 e. The Morgan fingerprint density at radius 3 is 2.78 bits per heavy atom. The normalized spacial score (nSPS) is 15.9. The summed E-state index contributed by atoms with van der Waals surface area (Å²) in [5, 5.41) is 10.8. The van der Waals surface area contributed by atoms with E-state index >= 15 is 0 Å². The molecule has 0 spiro atoms. The Hall–Kier alpha value is -2.77. The third-order valence-electron chi connectivity index (χ3n) is 5.00. The maximum atomic E-state index is 12.4. The van der Waals surface area contributed by atoms with Crippen molar-refractivity contribution >= 4 is 11.6 Å². The number of amides is 1. The fourth-order valence-corrected chi connectivity index (χ4v) is 3.35. The van der Waals surface area contributed by atoms with Crippen molar-refractivity contribution in [2.75, 3.05) is 33.2 Å². The first-order chi connectivity index (χ1) is 13.2. The molecule has 7 nitrogen and oxygen atoms in total. The first kappa shape index (κ1) is 17.6. The second-order valence-corrected chi connectivity index (χ2v) is 7.10. The van der Waals surface area contributed by atoms with E-state index in [1.54, 1.807) is 29.1 Å². The number of carbonyl (C=O) groups is 1. The van der Waals surface area contributed by atoms with Crippen molar-refractivity contribution in [2.45, 2.75) is 13.1 Å². The number of carbonyl (C=O) groups excluding carboxylic acids is 1. The zero-order chi connectivity index (χ0) is 18.6. The largest absolute Gasteiger partial charge is 0.348 e. The number of rotatable bonds is 5. The SMILES string of the molecule is CN1CCN(Cc2cccc(CNC(=O)c3ccc4nncn4c3)c2)CC1. The molecule has 140 valence electrons. The lowest BCUT2D eigenvalue weighted by Crippen LogP contribution is -2.43. The molecule has 0 aliphatic carbocycles. The molecule has 1 aliphatic heterocycles. The summed E-state index contributed by atoms with van der Waals surface area (Å²) in [6.45, 7) is 5.90. The summed E-state index contributed by atoms with van der Waals surface area (Å²) >= 11 is 0. The van der Waals surface area contributed by atoms with Crippen molar-refractivity contribution in [3.63, 3.8) is 0 Å². The van der Waals surface area contributed by atoms with Crippen molar-refractivity contribution in [3.05, 3.63) is 65.6 Å². The maximum absolute atomic E-state index is 12.4. The first-order valence-corrected chi connectivity index (χ1v) is 9.24. The number of pyridine rings is 1. The highest BCUT2D eigenvalue weighted by atomic mass is 16.1. The zero-order valence-electron chi connectivity index (χ0n) is 15.5. The summed E-state index contributed by atoms with van der Waals surface area (Å²) < 4.78 is 1.74. The molecule has 1 saturated heterocycles. The fourth-order valence-electron chi connectivity index (χ4n) is 3.35. The number of piperazine rings is 1. The predicted molar refractivity (Wildman–Crippen MR) is 103 cm³/mol. The molecular weight excluding hydrogens is 340 g/mol. The lowest BCUT2D eigenvalue weighted by atomic mass is 10.1. The number of nitrogens with one attached hydrogen (secondary N) is 1. The average molecular weight is 364 g/mol. The summed E-state index contributed by atoms with van der Waals surface area (Å²) in [6, 6.07) is 12.0. The number of hydrogen-bond acceptors (Lipinski definition) is 5. The van der Waals surface area contributed by atoms with Gasteiger partial charge in [-0.1, -0.05) is 24.3 Å². The molecule has 3 aromatic rings. The molecule has 1 N–H and O–H groups in total. The Kier molecular flexibility index (Phi) is 5.13. The Morgan fingerprint density at radius 2 is 1.93 bits per heavy atom. The van der Waals surface area contributed by atoms with Crippen LogP contribution in [0, 0.1) is 0 Å². The van der Waals surface area contributed by atoms with Gasteiger partial charge in [-0.2, -0.15) is 0 Å². The van der Waals surface area contributed by atoms with E-state index in [0.717, 1.165) is 43.9 Å². The van der Waals surface area contributed by atoms with Crippen LogP contribution >= 0.6 is 0 Å². The molecule has 1 aromatic carbocycles. The van der Waals surface area contributed by atoms with Crippen molar-refractivity contribution in [1.29, 1.82) is 0 Å². The van der Waals surface area contributed by atoms with E-state index in [1.807, 2.05) is 0 Å². The van der Waals surface area contributed by atoms with Crippen LogP contribution in [0.15, 0.2) is 48.9 Å². The lowest BCUT2D eigenvalue weighted by Gasteiger charge is -2.32. The number of likely N-dealkylation sites (N-methyl/N-ethyl adjacent to an activating group) is 1. The highest BCUT2D eigenvalue weighted by molar-refractivity contribution is 5.94. The third-order valence-corrected chi connectivity index (χ3v) is 5.00. The predicted octanol–water partition coefficient (Wildman–Crippen LogP) is 1.41. The van der Waals surface area contributed by atoms with Crippen molar-refractivity contribution < 1.29 is 4.79 Å². The van der Waals surface area contributed by atoms with Gasteiger partial charge in [0, 0.05) is 45.5 Å². The number of aromatic nitrogens is 3. The number of fused-ring (bicyclic) bond motifs is 1. The summed E-state index contributed by atoms with van der Waals surface area (Å²) in [5.41, 5.74) is 3.72. The molecular formula is C20H24N6O.